The quantitative estimate of drug-likeness (QED) is 0.549. The highest BCUT2D eigenvalue weighted by Gasteiger charge is 2.32. The van der Waals surface area contributed by atoms with E-state index in [4.69, 9.17) is 18.9 Å². The molecule has 0 N–H and O–H groups in total. The molecule has 0 radical (unpaired) electrons. The van der Waals surface area contributed by atoms with Crippen LogP contribution in [0.2, 0.25) is 0 Å². The Bertz CT molecular complexity index is 102. The first-order chi connectivity index (χ1) is 6.24. The molecule has 0 rings (SSSR count). The second-order valence-corrected chi connectivity index (χ2v) is 2.61. The molecule has 0 aromatic carbocycles. The first-order valence-corrected chi connectivity index (χ1v) is 4.62. The van der Waals surface area contributed by atoms with Gasteiger partial charge in [0, 0.05) is 14.2 Å². The van der Waals surface area contributed by atoms with Crippen LogP contribution in [0, 0.1) is 0 Å². The molecular formula is C9H20O4. The average Bonchev–Trinajstić information content (AvgIpc) is 2.20. The van der Waals surface area contributed by atoms with Crippen LogP contribution in [0.5, 0.6) is 0 Å². The van der Waals surface area contributed by atoms with E-state index in [-0.39, 0.29) is 0 Å². The topological polar surface area (TPSA) is 36.9 Å². The Labute approximate surface area is 80.1 Å². The van der Waals surface area contributed by atoms with Crippen LogP contribution in [0.4, 0.5) is 0 Å². The van der Waals surface area contributed by atoms with Crippen molar-refractivity contribution in [1.29, 1.82) is 0 Å². The standard InChI is InChI=1S/C9H20O4/c1-5-7-12-9(10-3,11-4)13-8-6-2/h5-8H2,1-4H3. The van der Waals surface area contributed by atoms with E-state index in [0.717, 1.165) is 12.8 Å². The summed E-state index contributed by atoms with van der Waals surface area (Å²) in [5, 5.41) is 0. The number of ether oxygens (including phenoxy) is 4. The molecule has 0 aliphatic carbocycles. The van der Waals surface area contributed by atoms with Crippen molar-refractivity contribution in [2.24, 2.45) is 0 Å². The van der Waals surface area contributed by atoms with Gasteiger partial charge in [-0.3, -0.25) is 0 Å². The Balaban J connectivity index is 3.97. The summed E-state index contributed by atoms with van der Waals surface area (Å²) in [6.45, 7) is 5.11. The van der Waals surface area contributed by atoms with E-state index >= 15 is 0 Å². The first-order valence-electron chi connectivity index (χ1n) is 4.62. The zero-order valence-corrected chi connectivity index (χ0v) is 8.96. The second-order valence-electron chi connectivity index (χ2n) is 2.61. The van der Waals surface area contributed by atoms with Crippen molar-refractivity contribution in [2.75, 3.05) is 27.4 Å². The fraction of sp³-hybridized carbons (Fsp3) is 1.00. The molecule has 0 saturated carbocycles. The molecule has 0 heterocycles. The Morgan fingerprint density at radius 3 is 1.46 bits per heavy atom. The summed E-state index contributed by atoms with van der Waals surface area (Å²) in [5.41, 5.74) is 0. The molecule has 0 amide bonds. The summed E-state index contributed by atoms with van der Waals surface area (Å²) in [4.78, 5) is 0. The fourth-order valence-electron chi connectivity index (χ4n) is 0.815. The molecule has 0 saturated heterocycles. The van der Waals surface area contributed by atoms with E-state index in [9.17, 15) is 0 Å². The molecule has 0 aliphatic heterocycles. The largest absolute Gasteiger partial charge is 0.412 e. The normalized spacial score (nSPS) is 12.0. The van der Waals surface area contributed by atoms with Crippen LogP contribution in [-0.2, 0) is 18.9 Å². The molecule has 0 aromatic rings. The summed E-state index contributed by atoms with van der Waals surface area (Å²) < 4.78 is 20.7. The maximum atomic E-state index is 5.31. The summed E-state index contributed by atoms with van der Waals surface area (Å²) in [6, 6.07) is 0. The van der Waals surface area contributed by atoms with Crippen LogP contribution in [0.25, 0.3) is 0 Å². The lowest BCUT2D eigenvalue weighted by Crippen LogP contribution is -2.40. The van der Waals surface area contributed by atoms with Crippen molar-refractivity contribution < 1.29 is 18.9 Å². The van der Waals surface area contributed by atoms with Gasteiger partial charge in [0.15, 0.2) is 0 Å². The third-order valence-corrected chi connectivity index (χ3v) is 1.47. The van der Waals surface area contributed by atoms with Crippen molar-refractivity contribution in [1.82, 2.24) is 0 Å². The second kappa shape index (κ2) is 7.26. The van der Waals surface area contributed by atoms with Gasteiger partial charge >= 0.3 is 6.16 Å². The van der Waals surface area contributed by atoms with E-state index in [1.807, 2.05) is 13.8 Å². The predicted molar refractivity (Wildman–Crippen MR) is 49.2 cm³/mol. The predicted octanol–water partition coefficient (Wildman–Crippen LogP) is 1.74. The lowest BCUT2D eigenvalue weighted by molar-refractivity contribution is -0.486. The molecule has 0 aliphatic rings. The van der Waals surface area contributed by atoms with Crippen molar-refractivity contribution in [2.45, 2.75) is 32.8 Å². The molecule has 0 unspecified atom stereocenters. The summed E-state index contributed by atoms with van der Waals surface area (Å²) in [6.07, 6.45) is 0.472. The highest BCUT2D eigenvalue weighted by Crippen LogP contribution is 2.15. The minimum absolute atomic E-state index is 0.547. The molecule has 0 fully saturated rings. The van der Waals surface area contributed by atoms with Crippen LogP contribution in [0.3, 0.4) is 0 Å². The number of hydrogen-bond acceptors (Lipinski definition) is 4. The smallest absolute Gasteiger partial charge is 0.307 e. The van der Waals surface area contributed by atoms with Crippen LogP contribution in [0.15, 0.2) is 0 Å². The molecule has 0 bridgehead atoms. The molecule has 80 valence electrons. The third-order valence-electron chi connectivity index (χ3n) is 1.47. The Hall–Kier alpha value is -0.160. The maximum Gasteiger partial charge on any atom is 0.412 e. The van der Waals surface area contributed by atoms with Crippen LogP contribution in [-0.4, -0.2) is 33.6 Å². The molecule has 0 spiro atoms. The van der Waals surface area contributed by atoms with Gasteiger partial charge in [-0.05, 0) is 12.8 Å². The zero-order chi connectivity index (χ0) is 10.2. The van der Waals surface area contributed by atoms with E-state index in [0.29, 0.717) is 13.2 Å². The van der Waals surface area contributed by atoms with E-state index in [2.05, 4.69) is 0 Å². The van der Waals surface area contributed by atoms with E-state index in [1.54, 1.807) is 0 Å². The summed E-state index contributed by atoms with van der Waals surface area (Å²) >= 11 is 0. The molecular weight excluding hydrogens is 172 g/mol. The van der Waals surface area contributed by atoms with Gasteiger partial charge < -0.3 is 18.9 Å². The van der Waals surface area contributed by atoms with Crippen molar-refractivity contribution in [3.05, 3.63) is 0 Å². The monoisotopic (exact) mass is 192 g/mol. The lowest BCUT2D eigenvalue weighted by atomic mass is 10.5. The fourth-order valence-corrected chi connectivity index (χ4v) is 0.815. The van der Waals surface area contributed by atoms with Crippen molar-refractivity contribution in [3.63, 3.8) is 0 Å². The molecule has 4 nitrogen and oxygen atoms in total. The summed E-state index contributed by atoms with van der Waals surface area (Å²) in [5.74, 6) is 0. The molecule has 0 atom stereocenters. The number of methoxy groups -OCH3 is 2. The minimum atomic E-state index is -1.31. The number of hydrogen-bond donors (Lipinski definition) is 0. The Kier molecular flexibility index (Phi) is 7.17. The van der Waals surface area contributed by atoms with Crippen LogP contribution < -0.4 is 0 Å². The summed E-state index contributed by atoms with van der Waals surface area (Å²) in [7, 11) is 2.99. The molecule has 0 aromatic heterocycles. The van der Waals surface area contributed by atoms with Gasteiger partial charge in [0.25, 0.3) is 0 Å². The zero-order valence-electron chi connectivity index (χ0n) is 8.96. The lowest BCUT2D eigenvalue weighted by Gasteiger charge is -2.28. The van der Waals surface area contributed by atoms with Crippen molar-refractivity contribution in [3.8, 4) is 0 Å². The third kappa shape index (κ3) is 4.57. The average molecular weight is 192 g/mol. The maximum absolute atomic E-state index is 5.31. The van der Waals surface area contributed by atoms with Gasteiger partial charge in [0.1, 0.15) is 0 Å². The number of rotatable bonds is 8. The van der Waals surface area contributed by atoms with Gasteiger partial charge in [-0.1, -0.05) is 13.8 Å². The molecule has 4 heteroatoms. The van der Waals surface area contributed by atoms with Gasteiger partial charge in [-0.2, -0.15) is 0 Å². The van der Waals surface area contributed by atoms with E-state index in [1.165, 1.54) is 14.2 Å². The van der Waals surface area contributed by atoms with Gasteiger partial charge in [-0.15, -0.1) is 0 Å². The Morgan fingerprint density at radius 1 is 0.846 bits per heavy atom. The Morgan fingerprint density at radius 2 is 1.23 bits per heavy atom. The molecule has 13 heavy (non-hydrogen) atoms. The minimum Gasteiger partial charge on any atom is -0.307 e. The van der Waals surface area contributed by atoms with Crippen LogP contribution in [0.1, 0.15) is 26.7 Å². The van der Waals surface area contributed by atoms with Crippen molar-refractivity contribution >= 4 is 0 Å². The SMILES string of the molecule is CCCOC(OC)(OC)OCCC. The van der Waals surface area contributed by atoms with Gasteiger partial charge in [-0.25, -0.2) is 0 Å². The van der Waals surface area contributed by atoms with Gasteiger partial charge in [0.05, 0.1) is 13.2 Å². The first kappa shape index (κ1) is 12.8. The highest BCUT2D eigenvalue weighted by atomic mass is 17.0. The highest BCUT2D eigenvalue weighted by molar-refractivity contribution is 4.40. The van der Waals surface area contributed by atoms with E-state index < -0.39 is 6.16 Å². The van der Waals surface area contributed by atoms with Crippen LogP contribution >= 0.6 is 0 Å². The van der Waals surface area contributed by atoms with Gasteiger partial charge in [0.2, 0.25) is 0 Å².